The number of fused-ring (bicyclic) bond motifs is 3. The third kappa shape index (κ3) is 3.84. The molecule has 3 aliphatic rings. The van der Waals surface area contributed by atoms with Gasteiger partial charge >= 0.3 is 6.18 Å². The van der Waals surface area contributed by atoms with Crippen molar-refractivity contribution in [2.75, 3.05) is 31.2 Å². The number of halogens is 3. The van der Waals surface area contributed by atoms with Crippen molar-refractivity contribution >= 4 is 28.6 Å². The van der Waals surface area contributed by atoms with Gasteiger partial charge in [-0.3, -0.25) is 9.89 Å². The Balaban J connectivity index is 1.23. The van der Waals surface area contributed by atoms with Crippen LogP contribution in [0.1, 0.15) is 18.4 Å². The van der Waals surface area contributed by atoms with E-state index in [2.05, 4.69) is 15.2 Å². The van der Waals surface area contributed by atoms with Crippen LogP contribution in [-0.2, 0) is 19.7 Å². The lowest BCUT2D eigenvalue weighted by molar-refractivity contribution is -0.205. The van der Waals surface area contributed by atoms with Crippen molar-refractivity contribution < 1.29 is 32.2 Å². The summed E-state index contributed by atoms with van der Waals surface area (Å²) in [5.41, 5.74) is 1.69. The minimum absolute atomic E-state index is 0.0455. The number of carbonyl (C=O) groups is 1. The van der Waals surface area contributed by atoms with Gasteiger partial charge in [-0.05, 0) is 17.7 Å². The van der Waals surface area contributed by atoms with E-state index in [1.807, 2.05) is 18.2 Å². The number of H-pyrrole nitrogens is 1. The molecule has 192 valence electrons. The van der Waals surface area contributed by atoms with Crippen LogP contribution < -0.4 is 9.64 Å². The first kappa shape index (κ1) is 23.5. The van der Waals surface area contributed by atoms with Gasteiger partial charge in [0.25, 0.3) is 0 Å². The number of amides is 1. The summed E-state index contributed by atoms with van der Waals surface area (Å²) < 4.78 is 51.9. The van der Waals surface area contributed by atoms with Gasteiger partial charge in [-0.2, -0.15) is 18.3 Å². The largest absolute Gasteiger partial charge is 0.474 e. The molecule has 1 spiro atoms. The smallest absolute Gasteiger partial charge is 0.411 e. The first-order chi connectivity index (χ1) is 17.8. The van der Waals surface area contributed by atoms with Crippen LogP contribution in [-0.4, -0.2) is 76.6 Å². The summed E-state index contributed by atoms with van der Waals surface area (Å²) in [5, 5.41) is 6.77. The molecule has 1 amide bonds. The lowest BCUT2D eigenvalue weighted by Crippen LogP contribution is -2.56. The zero-order valence-corrected chi connectivity index (χ0v) is 19.5. The summed E-state index contributed by atoms with van der Waals surface area (Å²) in [6, 6.07) is 8.72. The molecule has 1 aromatic carbocycles. The number of hydrogen-bond donors (Lipinski definition) is 1. The predicted octanol–water partition coefficient (Wildman–Crippen LogP) is 2.76. The normalized spacial score (nSPS) is 25.2. The summed E-state index contributed by atoms with van der Waals surface area (Å²) in [4.78, 5) is 32.4. The second-order valence-electron chi connectivity index (χ2n) is 9.47. The molecule has 1 saturated heterocycles. The van der Waals surface area contributed by atoms with Gasteiger partial charge in [-0.25, -0.2) is 9.78 Å². The number of carbonyl (C=O) groups excluding carboxylic acids is 2. The Morgan fingerprint density at radius 3 is 2.84 bits per heavy atom. The fraction of sp³-hybridized carbons (Fsp3) is 0.400. The first-order valence-electron chi connectivity index (χ1n) is 11.8. The number of alkyl halides is 3. The van der Waals surface area contributed by atoms with E-state index in [-0.39, 0.29) is 37.4 Å². The molecule has 0 radical (unpaired) electrons. The fourth-order valence-electron chi connectivity index (χ4n) is 5.53. The highest BCUT2D eigenvalue weighted by Gasteiger charge is 2.59. The summed E-state index contributed by atoms with van der Waals surface area (Å²) in [6.07, 6.45) is -2.51. The van der Waals surface area contributed by atoms with E-state index < -0.39 is 24.2 Å². The Bertz CT molecular complexity index is 1410. The number of benzene rings is 1. The minimum Gasteiger partial charge on any atom is -0.474 e. The lowest BCUT2D eigenvalue weighted by Gasteiger charge is -2.43. The Hall–Kier alpha value is -3.89. The SMILES string of the molecule is O=C=C(CN1C(=O)C2(CC(Oc3ccc4[nH]ncc4n3)C2)c2ccccc21)N1CCOC[C@H]1C(F)(F)F. The van der Waals surface area contributed by atoms with E-state index in [4.69, 9.17) is 9.47 Å². The van der Waals surface area contributed by atoms with Gasteiger partial charge in [0.2, 0.25) is 11.8 Å². The third-order valence-electron chi connectivity index (χ3n) is 7.35. The molecule has 1 atom stereocenters. The predicted molar refractivity (Wildman–Crippen MR) is 125 cm³/mol. The average molecular weight is 513 g/mol. The van der Waals surface area contributed by atoms with Crippen molar-refractivity contribution in [1.82, 2.24) is 20.1 Å². The molecule has 0 bridgehead atoms. The molecule has 1 aliphatic carbocycles. The number of rotatable bonds is 5. The van der Waals surface area contributed by atoms with Crippen molar-refractivity contribution in [3.63, 3.8) is 0 Å². The van der Waals surface area contributed by atoms with Crippen LogP contribution in [0.3, 0.4) is 0 Å². The monoisotopic (exact) mass is 513 g/mol. The van der Waals surface area contributed by atoms with Crippen LogP contribution in [0.4, 0.5) is 18.9 Å². The van der Waals surface area contributed by atoms with Gasteiger partial charge in [0.05, 0.1) is 36.9 Å². The van der Waals surface area contributed by atoms with Gasteiger partial charge < -0.3 is 19.3 Å². The van der Waals surface area contributed by atoms with Crippen molar-refractivity contribution in [2.24, 2.45) is 0 Å². The number of hydrogen-bond acceptors (Lipinski definition) is 7. The molecule has 37 heavy (non-hydrogen) atoms. The second-order valence-corrected chi connectivity index (χ2v) is 9.47. The molecular weight excluding hydrogens is 491 g/mol. The number of ether oxygens (including phenoxy) is 2. The van der Waals surface area contributed by atoms with Crippen LogP contribution in [0.5, 0.6) is 5.88 Å². The molecular formula is C25H22F3N5O4. The molecule has 1 saturated carbocycles. The second kappa shape index (κ2) is 8.60. The molecule has 12 heteroatoms. The number of aromatic nitrogens is 3. The number of anilines is 1. The van der Waals surface area contributed by atoms with Crippen LogP contribution in [0.25, 0.3) is 11.0 Å². The van der Waals surface area contributed by atoms with Crippen LogP contribution >= 0.6 is 0 Å². The van der Waals surface area contributed by atoms with E-state index >= 15 is 0 Å². The summed E-state index contributed by atoms with van der Waals surface area (Å²) in [5.74, 6) is 1.82. The molecule has 0 unspecified atom stereocenters. The van der Waals surface area contributed by atoms with Crippen molar-refractivity contribution in [3.8, 4) is 5.88 Å². The van der Waals surface area contributed by atoms with Gasteiger partial charge in [-0.1, -0.05) is 18.2 Å². The van der Waals surface area contributed by atoms with Gasteiger partial charge in [0.1, 0.15) is 29.3 Å². The number of morpholine rings is 1. The third-order valence-corrected chi connectivity index (χ3v) is 7.35. The van der Waals surface area contributed by atoms with E-state index in [1.54, 1.807) is 30.3 Å². The molecule has 3 aromatic rings. The Labute approximate surface area is 208 Å². The fourth-order valence-corrected chi connectivity index (χ4v) is 5.53. The van der Waals surface area contributed by atoms with E-state index in [1.165, 1.54) is 4.90 Å². The molecule has 9 nitrogen and oxygen atoms in total. The highest BCUT2D eigenvalue weighted by atomic mass is 19.4. The number of aromatic amines is 1. The zero-order valence-electron chi connectivity index (χ0n) is 19.5. The van der Waals surface area contributed by atoms with E-state index in [0.29, 0.717) is 29.9 Å². The number of pyridine rings is 1. The van der Waals surface area contributed by atoms with E-state index in [9.17, 15) is 22.8 Å². The highest BCUT2D eigenvalue weighted by Crippen LogP contribution is 2.54. The average Bonchev–Trinajstić information content (AvgIpc) is 3.43. The van der Waals surface area contributed by atoms with Crippen molar-refractivity contribution in [2.45, 2.75) is 36.6 Å². The van der Waals surface area contributed by atoms with Crippen molar-refractivity contribution in [1.29, 1.82) is 0 Å². The van der Waals surface area contributed by atoms with Crippen LogP contribution in [0.2, 0.25) is 0 Å². The van der Waals surface area contributed by atoms with Crippen LogP contribution in [0, 0.1) is 0 Å². The Morgan fingerprint density at radius 1 is 1.24 bits per heavy atom. The maximum absolute atomic E-state index is 13.8. The van der Waals surface area contributed by atoms with Gasteiger partial charge in [0, 0.05) is 31.1 Å². The molecule has 1 N–H and O–H groups in total. The molecule has 2 aliphatic heterocycles. The van der Waals surface area contributed by atoms with Gasteiger partial charge in [-0.15, -0.1) is 0 Å². The Morgan fingerprint density at radius 2 is 2.05 bits per heavy atom. The molecule has 6 rings (SSSR count). The number of nitrogens with one attached hydrogen (secondary N) is 1. The highest BCUT2D eigenvalue weighted by molar-refractivity contribution is 6.09. The quantitative estimate of drug-likeness (QED) is 0.524. The molecule has 2 aromatic heterocycles. The van der Waals surface area contributed by atoms with Gasteiger partial charge in [0.15, 0.2) is 0 Å². The number of nitrogens with zero attached hydrogens (tertiary/aromatic N) is 4. The summed E-state index contributed by atoms with van der Waals surface area (Å²) >= 11 is 0. The zero-order chi connectivity index (χ0) is 25.8. The molecule has 4 heterocycles. The van der Waals surface area contributed by atoms with E-state index in [0.717, 1.165) is 16.0 Å². The molecule has 2 fully saturated rings. The van der Waals surface area contributed by atoms with Crippen LogP contribution in [0.15, 0.2) is 48.3 Å². The lowest BCUT2D eigenvalue weighted by atomic mass is 9.63. The maximum atomic E-state index is 13.8. The van der Waals surface area contributed by atoms with Crippen molar-refractivity contribution in [3.05, 3.63) is 53.9 Å². The summed E-state index contributed by atoms with van der Waals surface area (Å²) in [7, 11) is 0. The standard InChI is InChI=1S/C25H22F3N5O4/c26-25(27,28)21-14-36-8-7-32(21)15(13-34)12-33-20-4-2-1-3-17(20)24(23(33)35)9-16(10-24)37-22-6-5-18-19(30-22)11-29-31-18/h1-6,11,16,21H,7-10,12,14H2,(H,29,31)/t16?,21-,24?/m0/s1. The summed E-state index contributed by atoms with van der Waals surface area (Å²) in [6.45, 7) is -0.962. The topological polar surface area (TPSA) is 101 Å². The number of para-hydroxylation sites is 1. The minimum atomic E-state index is -4.59. The first-order valence-corrected chi connectivity index (χ1v) is 11.8. The Kier molecular flexibility index (Phi) is 5.46. The maximum Gasteiger partial charge on any atom is 0.411 e.